The Morgan fingerprint density at radius 3 is 3.00 bits per heavy atom. The van der Waals surface area contributed by atoms with E-state index in [1.807, 2.05) is 11.1 Å². The molecule has 0 radical (unpaired) electrons. The first-order valence-corrected chi connectivity index (χ1v) is 8.10. The highest BCUT2D eigenvalue weighted by molar-refractivity contribution is 5.74. The quantitative estimate of drug-likeness (QED) is 0.907. The van der Waals surface area contributed by atoms with Gasteiger partial charge in [-0.25, -0.2) is 9.78 Å². The summed E-state index contributed by atoms with van der Waals surface area (Å²) in [5.74, 6) is 1.45. The van der Waals surface area contributed by atoms with Gasteiger partial charge in [-0.3, -0.25) is 0 Å². The van der Waals surface area contributed by atoms with Gasteiger partial charge in [0.1, 0.15) is 5.82 Å². The molecule has 2 amide bonds. The van der Waals surface area contributed by atoms with Gasteiger partial charge in [-0.15, -0.1) is 0 Å². The van der Waals surface area contributed by atoms with Crippen molar-refractivity contribution in [2.45, 2.75) is 52.8 Å². The summed E-state index contributed by atoms with van der Waals surface area (Å²) in [6.07, 6.45) is 4.65. The standard InChI is InChI=1S/C16H28N4O2/c1-5-16(4)12-20(8-9-22-16)15(21)18-10-14-17-6-7-19(14)11-13(2)3/h6-7,13H,5,8-12H2,1-4H3,(H,18,21). The Balaban J connectivity index is 1.89. The number of rotatable bonds is 5. The topological polar surface area (TPSA) is 59.4 Å². The molecule has 1 aromatic rings. The summed E-state index contributed by atoms with van der Waals surface area (Å²) in [6.45, 7) is 11.7. The Kier molecular flexibility index (Phi) is 5.45. The summed E-state index contributed by atoms with van der Waals surface area (Å²) in [6, 6.07) is -0.0397. The van der Waals surface area contributed by atoms with Crippen LogP contribution in [-0.4, -0.2) is 45.8 Å². The van der Waals surface area contributed by atoms with Gasteiger partial charge in [-0.2, -0.15) is 0 Å². The van der Waals surface area contributed by atoms with Crippen LogP contribution in [0.1, 0.15) is 39.9 Å². The molecule has 6 nitrogen and oxygen atoms in total. The number of nitrogens with zero attached hydrogens (tertiary/aromatic N) is 3. The first-order chi connectivity index (χ1) is 10.4. The maximum Gasteiger partial charge on any atom is 0.317 e. The van der Waals surface area contributed by atoms with Crippen molar-refractivity contribution in [1.29, 1.82) is 0 Å². The van der Waals surface area contributed by atoms with Gasteiger partial charge >= 0.3 is 6.03 Å². The Bertz CT molecular complexity index is 500. The van der Waals surface area contributed by atoms with E-state index < -0.39 is 0 Å². The second-order valence-electron chi connectivity index (χ2n) is 6.62. The van der Waals surface area contributed by atoms with Crippen LogP contribution in [0.2, 0.25) is 0 Å². The van der Waals surface area contributed by atoms with Crippen LogP contribution in [0.15, 0.2) is 12.4 Å². The average Bonchev–Trinajstić information content (AvgIpc) is 2.91. The summed E-state index contributed by atoms with van der Waals surface area (Å²) in [5, 5.41) is 2.98. The fourth-order valence-electron chi connectivity index (χ4n) is 2.65. The number of hydrogen-bond acceptors (Lipinski definition) is 3. The van der Waals surface area contributed by atoms with Crippen LogP contribution in [0.3, 0.4) is 0 Å². The van der Waals surface area contributed by atoms with Crippen LogP contribution >= 0.6 is 0 Å². The highest BCUT2D eigenvalue weighted by atomic mass is 16.5. The molecule has 1 fully saturated rings. The van der Waals surface area contributed by atoms with E-state index in [0.717, 1.165) is 18.8 Å². The van der Waals surface area contributed by atoms with Crippen molar-refractivity contribution in [2.24, 2.45) is 5.92 Å². The lowest BCUT2D eigenvalue weighted by atomic mass is 10.0. The molecule has 1 atom stereocenters. The van der Waals surface area contributed by atoms with Crippen molar-refractivity contribution >= 4 is 6.03 Å². The number of ether oxygens (including phenoxy) is 1. The third kappa shape index (κ3) is 4.22. The zero-order valence-electron chi connectivity index (χ0n) is 14.1. The molecule has 124 valence electrons. The Hall–Kier alpha value is -1.56. The molecule has 1 saturated heterocycles. The average molecular weight is 308 g/mol. The SMILES string of the molecule is CCC1(C)CN(C(=O)NCc2nccn2CC(C)C)CCO1. The molecule has 2 rings (SSSR count). The van der Waals surface area contributed by atoms with Crippen molar-refractivity contribution in [1.82, 2.24) is 19.8 Å². The van der Waals surface area contributed by atoms with Gasteiger partial charge in [0.05, 0.1) is 25.3 Å². The highest BCUT2D eigenvalue weighted by Crippen LogP contribution is 2.20. The minimum Gasteiger partial charge on any atom is -0.372 e. The molecule has 0 bridgehead atoms. The lowest BCUT2D eigenvalue weighted by Gasteiger charge is -2.39. The molecule has 22 heavy (non-hydrogen) atoms. The first-order valence-electron chi connectivity index (χ1n) is 8.10. The Labute approximate surface area is 132 Å². The third-order valence-corrected chi connectivity index (χ3v) is 4.13. The van der Waals surface area contributed by atoms with E-state index in [9.17, 15) is 4.79 Å². The smallest absolute Gasteiger partial charge is 0.317 e. The normalized spacial score (nSPS) is 22.1. The number of morpholine rings is 1. The zero-order chi connectivity index (χ0) is 16.2. The van der Waals surface area contributed by atoms with Crippen molar-refractivity contribution in [3.63, 3.8) is 0 Å². The molecular formula is C16H28N4O2. The largest absolute Gasteiger partial charge is 0.372 e. The predicted octanol–water partition coefficient (Wildman–Crippen LogP) is 2.25. The first kappa shape index (κ1) is 16.8. The molecule has 1 aliphatic rings. The van der Waals surface area contributed by atoms with Gasteiger partial charge in [-0.05, 0) is 19.3 Å². The number of carbonyl (C=O) groups excluding carboxylic acids is 1. The minimum absolute atomic E-state index is 0.0397. The second-order valence-corrected chi connectivity index (χ2v) is 6.62. The van der Waals surface area contributed by atoms with Gasteiger partial charge in [0.25, 0.3) is 0 Å². The van der Waals surface area contributed by atoms with Gasteiger partial charge < -0.3 is 19.5 Å². The van der Waals surface area contributed by atoms with Crippen LogP contribution < -0.4 is 5.32 Å². The van der Waals surface area contributed by atoms with E-state index in [2.05, 4.69) is 42.6 Å². The summed E-state index contributed by atoms with van der Waals surface area (Å²) in [5.41, 5.74) is -0.230. The van der Waals surface area contributed by atoms with Gasteiger partial charge in [0, 0.05) is 25.5 Å². The molecule has 0 saturated carbocycles. The van der Waals surface area contributed by atoms with E-state index in [0.29, 0.717) is 32.2 Å². The Morgan fingerprint density at radius 2 is 2.32 bits per heavy atom. The van der Waals surface area contributed by atoms with Crippen LogP contribution in [0.25, 0.3) is 0 Å². The summed E-state index contributed by atoms with van der Waals surface area (Å²) in [4.78, 5) is 18.5. The van der Waals surface area contributed by atoms with E-state index >= 15 is 0 Å². The molecule has 1 N–H and O–H groups in total. The monoisotopic (exact) mass is 308 g/mol. The fraction of sp³-hybridized carbons (Fsp3) is 0.750. The van der Waals surface area contributed by atoms with Crippen LogP contribution in [0, 0.1) is 5.92 Å². The van der Waals surface area contributed by atoms with Crippen LogP contribution in [0.5, 0.6) is 0 Å². The molecule has 0 spiro atoms. The number of carbonyl (C=O) groups is 1. The van der Waals surface area contributed by atoms with E-state index in [4.69, 9.17) is 4.74 Å². The highest BCUT2D eigenvalue weighted by Gasteiger charge is 2.32. The maximum atomic E-state index is 12.4. The molecule has 2 heterocycles. The molecule has 1 unspecified atom stereocenters. The number of amides is 2. The molecule has 0 aliphatic carbocycles. The fourth-order valence-corrected chi connectivity index (χ4v) is 2.65. The number of imidazole rings is 1. The van der Waals surface area contributed by atoms with E-state index in [1.165, 1.54) is 0 Å². The minimum atomic E-state index is -0.230. The van der Waals surface area contributed by atoms with E-state index in [1.54, 1.807) is 6.20 Å². The van der Waals surface area contributed by atoms with E-state index in [-0.39, 0.29) is 11.6 Å². The van der Waals surface area contributed by atoms with Crippen molar-refractivity contribution in [3.8, 4) is 0 Å². The molecular weight excluding hydrogens is 280 g/mol. The van der Waals surface area contributed by atoms with Crippen LogP contribution in [-0.2, 0) is 17.8 Å². The lowest BCUT2D eigenvalue weighted by molar-refractivity contribution is -0.0873. The summed E-state index contributed by atoms with van der Waals surface area (Å²) >= 11 is 0. The van der Waals surface area contributed by atoms with Gasteiger partial charge in [0.15, 0.2) is 0 Å². The molecule has 1 aliphatic heterocycles. The van der Waals surface area contributed by atoms with Gasteiger partial charge in [0.2, 0.25) is 0 Å². The second kappa shape index (κ2) is 7.13. The molecule has 6 heteroatoms. The zero-order valence-corrected chi connectivity index (χ0v) is 14.1. The summed E-state index contributed by atoms with van der Waals surface area (Å²) in [7, 11) is 0. The number of urea groups is 1. The van der Waals surface area contributed by atoms with Crippen LogP contribution in [0.4, 0.5) is 4.79 Å². The number of aromatic nitrogens is 2. The van der Waals surface area contributed by atoms with Crippen molar-refractivity contribution in [3.05, 3.63) is 18.2 Å². The lowest BCUT2D eigenvalue weighted by Crippen LogP contribution is -2.54. The summed E-state index contributed by atoms with van der Waals surface area (Å²) < 4.78 is 7.87. The molecule has 1 aromatic heterocycles. The Morgan fingerprint density at radius 1 is 1.55 bits per heavy atom. The maximum absolute atomic E-state index is 12.4. The van der Waals surface area contributed by atoms with Crippen molar-refractivity contribution < 1.29 is 9.53 Å². The molecule has 0 aromatic carbocycles. The van der Waals surface area contributed by atoms with Crippen molar-refractivity contribution in [2.75, 3.05) is 19.7 Å². The third-order valence-electron chi connectivity index (χ3n) is 4.13. The van der Waals surface area contributed by atoms with Gasteiger partial charge in [-0.1, -0.05) is 20.8 Å². The number of nitrogens with one attached hydrogen (secondary N) is 1. The predicted molar refractivity (Wildman–Crippen MR) is 85.5 cm³/mol. The number of hydrogen-bond donors (Lipinski definition) is 1.